The van der Waals surface area contributed by atoms with Crippen molar-refractivity contribution in [2.45, 2.75) is 38.0 Å². The maximum atomic E-state index is 12.1. The standard InChI is InChI=1S/C22H29N3O3.CH2O2/c26-20-8-4-7-18(14-20)16-25-11-9-19(10-12-25)24-22(28)23-15-21(27)13-17-5-2-1-3-6-17;2-1-3/h1-8,14,19,21,26-27H,9-13,15-16H2,(H2,23,24,28);1H,(H,2,3). The van der Waals surface area contributed by atoms with Gasteiger partial charge in [0.2, 0.25) is 0 Å². The smallest absolute Gasteiger partial charge is 0.315 e. The number of urea groups is 1. The van der Waals surface area contributed by atoms with E-state index >= 15 is 0 Å². The molecule has 1 unspecified atom stereocenters. The average molecular weight is 430 g/mol. The van der Waals surface area contributed by atoms with Gasteiger partial charge in [-0.1, -0.05) is 42.5 Å². The van der Waals surface area contributed by atoms with Crippen LogP contribution in [-0.4, -0.2) is 64.5 Å². The van der Waals surface area contributed by atoms with E-state index in [1.807, 2.05) is 42.5 Å². The zero-order valence-corrected chi connectivity index (χ0v) is 17.5. The van der Waals surface area contributed by atoms with Gasteiger partial charge in [-0.05, 0) is 36.1 Å². The number of aliphatic hydroxyl groups is 1. The lowest BCUT2D eigenvalue weighted by Gasteiger charge is -2.32. The Hall–Kier alpha value is -3.10. The first-order valence-corrected chi connectivity index (χ1v) is 10.3. The number of amides is 2. The second kappa shape index (κ2) is 13.3. The molecule has 31 heavy (non-hydrogen) atoms. The van der Waals surface area contributed by atoms with Crippen LogP contribution in [0.25, 0.3) is 0 Å². The Labute approximate surface area is 182 Å². The van der Waals surface area contributed by atoms with E-state index in [1.54, 1.807) is 12.1 Å². The number of likely N-dealkylation sites (tertiary alicyclic amines) is 1. The fraction of sp³-hybridized carbons (Fsp3) is 0.391. The maximum Gasteiger partial charge on any atom is 0.315 e. The molecule has 1 saturated heterocycles. The fourth-order valence-electron chi connectivity index (χ4n) is 3.55. The lowest BCUT2D eigenvalue weighted by molar-refractivity contribution is -0.122. The zero-order chi connectivity index (χ0) is 22.5. The van der Waals surface area contributed by atoms with E-state index in [9.17, 15) is 15.0 Å². The molecule has 2 amide bonds. The number of hydrogen-bond acceptors (Lipinski definition) is 5. The Balaban J connectivity index is 0.00000107. The van der Waals surface area contributed by atoms with Gasteiger partial charge in [0, 0.05) is 38.6 Å². The lowest BCUT2D eigenvalue weighted by Crippen LogP contribution is -2.49. The number of carbonyl (C=O) groups is 2. The van der Waals surface area contributed by atoms with Crippen LogP contribution in [-0.2, 0) is 17.8 Å². The highest BCUT2D eigenvalue weighted by molar-refractivity contribution is 5.74. The van der Waals surface area contributed by atoms with E-state index in [0.717, 1.165) is 43.6 Å². The van der Waals surface area contributed by atoms with Gasteiger partial charge in [0.1, 0.15) is 5.75 Å². The molecule has 0 saturated carbocycles. The van der Waals surface area contributed by atoms with E-state index in [0.29, 0.717) is 12.2 Å². The topological polar surface area (TPSA) is 122 Å². The minimum Gasteiger partial charge on any atom is -0.508 e. The molecule has 1 heterocycles. The number of carboxylic acid groups (broad SMARTS) is 1. The molecule has 168 valence electrons. The predicted molar refractivity (Wildman–Crippen MR) is 118 cm³/mol. The summed E-state index contributed by atoms with van der Waals surface area (Å²) < 4.78 is 0. The van der Waals surface area contributed by atoms with E-state index in [2.05, 4.69) is 15.5 Å². The third kappa shape index (κ3) is 9.50. The van der Waals surface area contributed by atoms with Gasteiger partial charge in [0.05, 0.1) is 6.10 Å². The molecule has 2 aromatic rings. The van der Waals surface area contributed by atoms with Crippen LogP contribution in [0, 0.1) is 0 Å². The van der Waals surface area contributed by atoms with Gasteiger partial charge in [0.15, 0.2) is 0 Å². The summed E-state index contributed by atoms with van der Waals surface area (Å²) >= 11 is 0. The molecule has 1 aliphatic heterocycles. The molecule has 0 bridgehead atoms. The molecule has 5 N–H and O–H groups in total. The Bertz CT molecular complexity index is 795. The number of phenolic OH excluding ortho intramolecular Hbond substituents is 1. The molecular weight excluding hydrogens is 398 g/mol. The average Bonchev–Trinajstić information content (AvgIpc) is 2.75. The number of carbonyl (C=O) groups excluding carboxylic acids is 1. The molecular formula is C23H31N3O5. The van der Waals surface area contributed by atoms with Crippen molar-refractivity contribution in [2.24, 2.45) is 0 Å². The number of aromatic hydroxyl groups is 1. The first-order valence-electron chi connectivity index (χ1n) is 10.3. The number of hydrogen-bond donors (Lipinski definition) is 5. The van der Waals surface area contributed by atoms with Gasteiger partial charge in [-0.2, -0.15) is 0 Å². The van der Waals surface area contributed by atoms with Gasteiger partial charge >= 0.3 is 6.03 Å². The molecule has 0 aromatic heterocycles. The Kier molecular flexibility index (Phi) is 10.3. The van der Waals surface area contributed by atoms with Gasteiger partial charge in [-0.25, -0.2) is 4.79 Å². The van der Waals surface area contributed by atoms with E-state index in [1.165, 1.54) is 0 Å². The molecule has 8 heteroatoms. The van der Waals surface area contributed by atoms with Crippen molar-refractivity contribution >= 4 is 12.5 Å². The van der Waals surface area contributed by atoms with Crippen LogP contribution in [0.4, 0.5) is 4.79 Å². The summed E-state index contributed by atoms with van der Waals surface area (Å²) in [5.41, 5.74) is 2.15. The minimum absolute atomic E-state index is 0.145. The van der Waals surface area contributed by atoms with E-state index < -0.39 is 6.10 Å². The van der Waals surface area contributed by atoms with Crippen LogP contribution in [0.2, 0.25) is 0 Å². The summed E-state index contributed by atoms with van der Waals surface area (Å²) in [6.45, 7) is 2.59. The molecule has 1 fully saturated rings. The third-order valence-corrected chi connectivity index (χ3v) is 5.05. The summed E-state index contributed by atoms with van der Waals surface area (Å²) in [4.78, 5) is 22.8. The Morgan fingerprint density at radius 2 is 1.74 bits per heavy atom. The van der Waals surface area contributed by atoms with E-state index in [-0.39, 0.29) is 25.1 Å². The molecule has 8 nitrogen and oxygen atoms in total. The predicted octanol–water partition coefficient (Wildman–Crippen LogP) is 1.96. The number of nitrogens with zero attached hydrogens (tertiary/aromatic N) is 1. The van der Waals surface area contributed by atoms with Crippen molar-refractivity contribution in [1.29, 1.82) is 0 Å². The largest absolute Gasteiger partial charge is 0.508 e. The number of rotatable bonds is 7. The number of nitrogens with one attached hydrogen (secondary N) is 2. The Morgan fingerprint density at radius 1 is 1.10 bits per heavy atom. The van der Waals surface area contributed by atoms with Crippen LogP contribution >= 0.6 is 0 Å². The highest BCUT2D eigenvalue weighted by atomic mass is 16.3. The first kappa shape index (κ1) is 24.2. The van der Waals surface area contributed by atoms with Gasteiger partial charge in [-0.3, -0.25) is 9.69 Å². The summed E-state index contributed by atoms with van der Waals surface area (Å²) in [5.74, 6) is 0.292. The zero-order valence-electron chi connectivity index (χ0n) is 17.5. The van der Waals surface area contributed by atoms with Crippen molar-refractivity contribution in [2.75, 3.05) is 19.6 Å². The molecule has 1 aliphatic rings. The van der Waals surface area contributed by atoms with Crippen LogP contribution in [0.3, 0.4) is 0 Å². The number of aliphatic hydroxyl groups excluding tert-OH is 1. The number of phenols is 1. The lowest BCUT2D eigenvalue weighted by atomic mass is 10.0. The van der Waals surface area contributed by atoms with E-state index in [4.69, 9.17) is 9.90 Å². The van der Waals surface area contributed by atoms with Crippen molar-refractivity contribution in [3.8, 4) is 5.75 Å². The third-order valence-electron chi connectivity index (χ3n) is 5.05. The molecule has 3 rings (SSSR count). The maximum absolute atomic E-state index is 12.1. The summed E-state index contributed by atoms with van der Waals surface area (Å²) in [7, 11) is 0. The van der Waals surface area contributed by atoms with Crippen LogP contribution in [0.15, 0.2) is 54.6 Å². The second-order valence-electron chi connectivity index (χ2n) is 7.52. The van der Waals surface area contributed by atoms with Crippen LogP contribution < -0.4 is 10.6 Å². The van der Waals surface area contributed by atoms with Crippen molar-refractivity contribution in [3.05, 3.63) is 65.7 Å². The number of piperidine rings is 1. The summed E-state index contributed by atoms with van der Waals surface area (Å²) in [6, 6.07) is 17.0. The molecule has 0 radical (unpaired) electrons. The summed E-state index contributed by atoms with van der Waals surface area (Å²) in [6.07, 6.45) is 1.70. The number of benzene rings is 2. The van der Waals surface area contributed by atoms with Crippen molar-refractivity contribution in [3.63, 3.8) is 0 Å². The second-order valence-corrected chi connectivity index (χ2v) is 7.52. The summed E-state index contributed by atoms with van der Waals surface area (Å²) in [5, 5.41) is 32.3. The van der Waals surface area contributed by atoms with Gasteiger partial charge in [-0.15, -0.1) is 0 Å². The quantitative estimate of drug-likeness (QED) is 0.429. The monoisotopic (exact) mass is 429 g/mol. The van der Waals surface area contributed by atoms with Crippen molar-refractivity contribution < 1.29 is 24.9 Å². The highest BCUT2D eigenvalue weighted by Crippen LogP contribution is 2.16. The fourth-order valence-corrected chi connectivity index (χ4v) is 3.55. The SMILES string of the molecule is O=C(NCC(O)Cc1ccccc1)NC1CCN(Cc2cccc(O)c2)CC1.O=CO. The minimum atomic E-state index is -0.600. The van der Waals surface area contributed by atoms with Crippen LogP contribution in [0.5, 0.6) is 5.75 Å². The first-order chi connectivity index (χ1) is 15.0. The van der Waals surface area contributed by atoms with Gasteiger partial charge in [0.25, 0.3) is 6.47 Å². The Morgan fingerprint density at radius 3 is 2.39 bits per heavy atom. The highest BCUT2D eigenvalue weighted by Gasteiger charge is 2.21. The normalized spacial score (nSPS) is 15.3. The van der Waals surface area contributed by atoms with Crippen molar-refractivity contribution in [1.82, 2.24) is 15.5 Å². The molecule has 0 aliphatic carbocycles. The molecule has 0 spiro atoms. The molecule has 2 aromatic carbocycles. The van der Waals surface area contributed by atoms with Crippen LogP contribution in [0.1, 0.15) is 24.0 Å². The molecule has 1 atom stereocenters. The van der Waals surface area contributed by atoms with Gasteiger partial charge < -0.3 is 26.0 Å².